The zero-order chi connectivity index (χ0) is 16.1. The lowest BCUT2D eigenvalue weighted by Gasteiger charge is -2.07. The average Bonchev–Trinajstić information content (AvgIpc) is 2.88. The average molecular weight is 308 g/mol. The smallest absolute Gasteiger partial charge is 0.359 e. The van der Waals surface area contributed by atoms with Gasteiger partial charge in [-0.1, -0.05) is 0 Å². The van der Waals surface area contributed by atoms with Gasteiger partial charge in [-0.15, -0.1) is 0 Å². The number of halogens is 1. The van der Waals surface area contributed by atoms with Crippen molar-refractivity contribution < 1.29 is 13.9 Å². The number of carbonyl (C=O) groups excluding carboxylic acids is 1. The molecule has 8 nitrogen and oxygen atoms in total. The fourth-order valence-corrected chi connectivity index (χ4v) is 1.88. The molecule has 0 atom stereocenters. The van der Waals surface area contributed by atoms with Crippen molar-refractivity contribution in [3.63, 3.8) is 0 Å². The number of nitrogens with one attached hydrogen (secondary N) is 2. The van der Waals surface area contributed by atoms with E-state index in [2.05, 4.69) is 25.5 Å². The van der Waals surface area contributed by atoms with E-state index in [4.69, 9.17) is 10.5 Å². The maximum atomic E-state index is 14.1. The minimum atomic E-state index is -0.659. The predicted octanol–water partition coefficient (Wildman–Crippen LogP) is 0.862. The van der Waals surface area contributed by atoms with Gasteiger partial charge in [0.2, 0.25) is 5.95 Å². The SMILES string of the molecule is CCOC(=O)c1n[nH]c(C)c1-c1nc(NCCN)ncc1F. The quantitative estimate of drug-likeness (QED) is 0.677. The van der Waals surface area contributed by atoms with Crippen molar-refractivity contribution in [2.24, 2.45) is 5.73 Å². The first-order valence-electron chi connectivity index (χ1n) is 6.77. The van der Waals surface area contributed by atoms with Crippen molar-refractivity contribution in [2.45, 2.75) is 13.8 Å². The number of rotatable bonds is 6. The summed E-state index contributed by atoms with van der Waals surface area (Å²) in [5.41, 5.74) is 6.12. The molecule has 0 aromatic carbocycles. The Labute approximate surface area is 126 Å². The van der Waals surface area contributed by atoms with E-state index in [-0.39, 0.29) is 29.5 Å². The van der Waals surface area contributed by atoms with Crippen LogP contribution < -0.4 is 11.1 Å². The molecule has 0 spiro atoms. The Kier molecular flexibility index (Phi) is 4.99. The van der Waals surface area contributed by atoms with E-state index in [0.717, 1.165) is 6.20 Å². The number of ether oxygens (including phenoxy) is 1. The highest BCUT2D eigenvalue weighted by Crippen LogP contribution is 2.27. The fourth-order valence-electron chi connectivity index (χ4n) is 1.88. The normalized spacial score (nSPS) is 10.5. The monoisotopic (exact) mass is 308 g/mol. The van der Waals surface area contributed by atoms with Crippen LogP contribution in [0.4, 0.5) is 10.3 Å². The van der Waals surface area contributed by atoms with Crippen LogP contribution in [0.25, 0.3) is 11.3 Å². The Morgan fingerprint density at radius 3 is 3.00 bits per heavy atom. The topological polar surface area (TPSA) is 119 Å². The number of H-pyrrole nitrogens is 1. The predicted molar refractivity (Wildman–Crippen MR) is 77.8 cm³/mol. The third-order valence-electron chi connectivity index (χ3n) is 2.82. The van der Waals surface area contributed by atoms with E-state index in [0.29, 0.717) is 18.8 Å². The number of hydrogen-bond acceptors (Lipinski definition) is 7. The van der Waals surface area contributed by atoms with Gasteiger partial charge < -0.3 is 15.8 Å². The molecule has 2 rings (SSSR count). The molecule has 0 bridgehead atoms. The first-order chi connectivity index (χ1) is 10.6. The first kappa shape index (κ1) is 15.8. The Morgan fingerprint density at radius 1 is 1.55 bits per heavy atom. The third-order valence-corrected chi connectivity index (χ3v) is 2.82. The Hall–Kier alpha value is -2.55. The van der Waals surface area contributed by atoms with Gasteiger partial charge in [0.15, 0.2) is 11.5 Å². The number of aromatic amines is 1. The third kappa shape index (κ3) is 3.19. The number of anilines is 1. The summed E-state index contributed by atoms with van der Waals surface area (Å²) in [5, 5.41) is 9.38. The highest BCUT2D eigenvalue weighted by Gasteiger charge is 2.24. The van der Waals surface area contributed by atoms with Crippen molar-refractivity contribution >= 4 is 11.9 Å². The lowest BCUT2D eigenvalue weighted by Crippen LogP contribution is -2.15. The molecule has 0 amide bonds. The van der Waals surface area contributed by atoms with Gasteiger partial charge in [0.25, 0.3) is 0 Å². The Balaban J connectivity index is 2.47. The van der Waals surface area contributed by atoms with Gasteiger partial charge >= 0.3 is 5.97 Å². The lowest BCUT2D eigenvalue weighted by atomic mass is 10.1. The zero-order valence-electron chi connectivity index (χ0n) is 12.3. The maximum absolute atomic E-state index is 14.1. The van der Waals surface area contributed by atoms with Gasteiger partial charge in [-0.25, -0.2) is 19.2 Å². The molecule has 2 heterocycles. The number of aromatic nitrogens is 4. The number of carbonyl (C=O) groups is 1. The minimum Gasteiger partial charge on any atom is -0.461 e. The van der Waals surface area contributed by atoms with Crippen LogP contribution >= 0.6 is 0 Å². The van der Waals surface area contributed by atoms with Crippen LogP contribution in [-0.4, -0.2) is 45.8 Å². The van der Waals surface area contributed by atoms with Gasteiger partial charge in [-0.3, -0.25) is 5.10 Å². The maximum Gasteiger partial charge on any atom is 0.359 e. The van der Waals surface area contributed by atoms with E-state index in [1.54, 1.807) is 13.8 Å². The van der Waals surface area contributed by atoms with Crippen molar-refractivity contribution in [2.75, 3.05) is 25.0 Å². The summed E-state index contributed by atoms with van der Waals surface area (Å²) in [6.45, 7) is 4.37. The summed E-state index contributed by atoms with van der Waals surface area (Å²) in [6.07, 6.45) is 1.03. The molecule has 0 saturated carbocycles. The molecule has 0 aliphatic heterocycles. The van der Waals surface area contributed by atoms with Crippen molar-refractivity contribution in [3.8, 4) is 11.3 Å². The standard InChI is InChI=1S/C13H17FN6O2/c1-3-22-12(21)11-9(7(2)19-20-11)10-8(14)6-17-13(18-10)16-5-4-15/h6H,3-5,15H2,1-2H3,(H,19,20)(H,16,17,18). The van der Waals surface area contributed by atoms with Gasteiger partial charge in [0.05, 0.1) is 18.4 Å². The van der Waals surface area contributed by atoms with Crippen LogP contribution in [0.2, 0.25) is 0 Å². The number of hydrogen-bond donors (Lipinski definition) is 3. The second-order valence-corrected chi connectivity index (χ2v) is 4.40. The first-order valence-corrected chi connectivity index (χ1v) is 6.77. The van der Waals surface area contributed by atoms with Gasteiger partial charge in [0.1, 0.15) is 5.69 Å². The molecule has 0 radical (unpaired) electrons. The lowest BCUT2D eigenvalue weighted by molar-refractivity contribution is 0.0520. The number of nitrogens with two attached hydrogens (primary N) is 1. The summed E-state index contributed by atoms with van der Waals surface area (Å²) in [7, 11) is 0. The van der Waals surface area contributed by atoms with Crippen molar-refractivity contribution in [1.29, 1.82) is 0 Å². The molecule has 2 aromatic rings. The molecule has 118 valence electrons. The van der Waals surface area contributed by atoms with Gasteiger partial charge in [0, 0.05) is 18.8 Å². The number of esters is 1. The van der Waals surface area contributed by atoms with Crippen LogP contribution in [0.1, 0.15) is 23.1 Å². The Morgan fingerprint density at radius 2 is 2.32 bits per heavy atom. The Bertz CT molecular complexity index is 673. The summed E-state index contributed by atoms with van der Waals surface area (Å²) in [6, 6.07) is 0. The van der Waals surface area contributed by atoms with Crippen LogP contribution in [0, 0.1) is 12.7 Å². The molecule has 0 fully saturated rings. The molecular formula is C13H17FN6O2. The fraction of sp³-hybridized carbons (Fsp3) is 0.385. The summed E-state index contributed by atoms with van der Waals surface area (Å²) >= 11 is 0. The molecule has 22 heavy (non-hydrogen) atoms. The second-order valence-electron chi connectivity index (χ2n) is 4.40. The molecule has 0 unspecified atom stereocenters. The second kappa shape index (κ2) is 6.94. The molecule has 2 aromatic heterocycles. The van der Waals surface area contributed by atoms with Gasteiger partial charge in [-0.05, 0) is 13.8 Å². The van der Waals surface area contributed by atoms with E-state index in [1.165, 1.54) is 0 Å². The van der Waals surface area contributed by atoms with E-state index >= 15 is 0 Å². The van der Waals surface area contributed by atoms with Gasteiger partial charge in [-0.2, -0.15) is 5.10 Å². The minimum absolute atomic E-state index is 0.0123. The largest absolute Gasteiger partial charge is 0.461 e. The highest BCUT2D eigenvalue weighted by atomic mass is 19.1. The molecule has 0 aliphatic carbocycles. The van der Waals surface area contributed by atoms with Crippen LogP contribution in [0.5, 0.6) is 0 Å². The molecule has 4 N–H and O–H groups in total. The highest BCUT2D eigenvalue weighted by molar-refractivity contribution is 5.95. The van der Waals surface area contributed by atoms with Crippen molar-refractivity contribution in [3.05, 3.63) is 23.4 Å². The van der Waals surface area contributed by atoms with Crippen LogP contribution in [0.3, 0.4) is 0 Å². The van der Waals surface area contributed by atoms with Crippen LogP contribution in [-0.2, 0) is 4.74 Å². The molecule has 0 aliphatic rings. The zero-order valence-corrected chi connectivity index (χ0v) is 12.3. The van der Waals surface area contributed by atoms with E-state index in [1.807, 2.05) is 0 Å². The summed E-state index contributed by atoms with van der Waals surface area (Å²) < 4.78 is 19.0. The molecule has 9 heteroatoms. The molecule has 0 saturated heterocycles. The summed E-state index contributed by atoms with van der Waals surface area (Å²) in [4.78, 5) is 19.8. The van der Waals surface area contributed by atoms with E-state index < -0.39 is 11.8 Å². The van der Waals surface area contributed by atoms with Crippen LogP contribution in [0.15, 0.2) is 6.20 Å². The number of nitrogens with zero attached hydrogens (tertiary/aromatic N) is 3. The van der Waals surface area contributed by atoms with E-state index in [9.17, 15) is 9.18 Å². The molecular weight excluding hydrogens is 291 g/mol. The number of aryl methyl sites for hydroxylation is 1. The van der Waals surface area contributed by atoms with Crippen molar-refractivity contribution in [1.82, 2.24) is 20.2 Å². The summed E-state index contributed by atoms with van der Waals surface area (Å²) in [5.74, 6) is -1.08.